The first-order chi connectivity index (χ1) is 9.02. The van der Waals surface area contributed by atoms with Crippen LogP contribution in [-0.4, -0.2) is 43.3 Å². The average molecular weight is 268 g/mol. The van der Waals surface area contributed by atoms with Crippen molar-refractivity contribution in [2.75, 3.05) is 20.3 Å². The lowest BCUT2D eigenvalue weighted by Gasteiger charge is -2.08. The van der Waals surface area contributed by atoms with E-state index in [0.717, 1.165) is 0 Å². The van der Waals surface area contributed by atoms with Crippen LogP contribution in [0.1, 0.15) is 17.4 Å². The predicted octanol–water partition coefficient (Wildman–Crippen LogP) is 0.137. The number of hydrogen-bond donors (Lipinski definition) is 1. The average Bonchev–Trinajstić information content (AvgIpc) is 2.42. The van der Waals surface area contributed by atoms with E-state index in [1.165, 1.54) is 13.2 Å². The molecule has 1 aromatic heterocycles. The molecule has 0 spiro atoms. The van der Waals surface area contributed by atoms with Gasteiger partial charge >= 0.3 is 11.9 Å². The number of carbonyl (C=O) groups is 2. The van der Waals surface area contributed by atoms with Crippen LogP contribution in [0, 0.1) is 0 Å². The molecular formula is C12H16N2O5. The topological polar surface area (TPSA) is 101 Å². The maximum atomic E-state index is 11.6. The molecule has 1 atom stereocenters. The maximum Gasteiger partial charge on any atom is 0.357 e. The van der Waals surface area contributed by atoms with Gasteiger partial charge in [-0.3, -0.25) is 0 Å². The lowest BCUT2D eigenvalue weighted by Crippen LogP contribution is -2.24. The Morgan fingerprint density at radius 2 is 2.16 bits per heavy atom. The summed E-state index contributed by atoms with van der Waals surface area (Å²) < 4.78 is 14.3. The molecule has 0 saturated carbocycles. The van der Waals surface area contributed by atoms with Crippen LogP contribution in [0.25, 0.3) is 0 Å². The van der Waals surface area contributed by atoms with Gasteiger partial charge in [0.25, 0.3) is 0 Å². The minimum atomic E-state index is -0.725. The Hall–Kier alpha value is -2.15. The first-order valence-electron chi connectivity index (χ1n) is 5.62. The molecule has 0 aliphatic heterocycles. The highest BCUT2D eigenvalue weighted by Gasteiger charge is 2.12. The van der Waals surface area contributed by atoms with Gasteiger partial charge in [0, 0.05) is 12.1 Å². The van der Waals surface area contributed by atoms with E-state index in [4.69, 9.17) is 15.2 Å². The highest BCUT2D eigenvalue weighted by Crippen LogP contribution is 2.08. The van der Waals surface area contributed by atoms with E-state index in [0.29, 0.717) is 0 Å². The number of nitrogens with two attached hydrogens (primary N) is 1. The number of ether oxygens (including phenoxy) is 3. The van der Waals surface area contributed by atoms with Gasteiger partial charge in [-0.15, -0.1) is 0 Å². The van der Waals surface area contributed by atoms with E-state index in [9.17, 15) is 9.59 Å². The van der Waals surface area contributed by atoms with Crippen LogP contribution in [0.5, 0.6) is 5.88 Å². The zero-order chi connectivity index (χ0) is 14.3. The van der Waals surface area contributed by atoms with Crippen LogP contribution in [-0.2, 0) is 14.3 Å². The molecule has 1 aromatic rings. The lowest BCUT2D eigenvalue weighted by molar-refractivity contribution is -0.144. The Kier molecular flexibility index (Phi) is 5.74. The third-order valence-electron chi connectivity index (χ3n) is 1.98. The Balaban J connectivity index is 2.60. The molecule has 104 valence electrons. The number of carbonyl (C=O) groups excluding carboxylic acids is 2. The van der Waals surface area contributed by atoms with Gasteiger partial charge in [0.05, 0.1) is 7.11 Å². The molecular weight excluding hydrogens is 252 g/mol. The summed E-state index contributed by atoms with van der Waals surface area (Å²) in [6.07, 6.45) is 0. The Morgan fingerprint density at radius 1 is 1.42 bits per heavy atom. The summed E-state index contributed by atoms with van der Waals surface area (Å²) in [4.78, 5) is 26.4. The van der Waals surface area contributed by atoms with Crippen molar-refractivity contribution in [2.45, 2.75) is 13.0 Å². The zero-order valence-corrected chi connectivity index (χ0v) is 10.8. The van der Waals surface area contributed by atoms with Gasteiger partial charge in [0.15, 0.2) is 12.3 Å². The summed E-state index contributed by atoms with van der Waals surface area (Å²) in [5, 5.41) is 0. The van der Waals surface area contributed by atoms with Crippen molar-refractivity contribution in [3.8, 4) is 5.88 Å². The second kappa shape index (κ2) is 7.32. The molecule has 0 aliphatic rings. The first kappa shape index (κ1) is 14.9. The van der Waals surface area contributed by atoms with E-state index < -0.39 is 18.5 Å². The van der Waals surface area contributed by atoms with Crippen LogP contribution in [0.3, 0.4) is 0 Å². The van der Waals surface area contributed by atoms with Gasteiger partial charge in [-0.1, -0.05) is 6.07 Å². The van der Waals surface area contributed by atoms with Crippen molar-refractivity contribution in [1.82, 2.24) is 4.98 Å². The van der Waals surface area contributed by atoms with Crippen molar-refractivity contribution >= 4 is 11.9 Å². The summed E-state index contributed by atoms with van der Waals surface area (Å²) >= 11 is 0. The molecule has 1 rings (SSSR count). The highest BCUT2D eigenvalue weighted by molar-refractivity contribution is 5.88. The van der Waals surface area contributed by atoms with Crippen molar-refractivity contribution < 1.29 is 23.8 Å². The maximum absolute atomic E-state index is 11.6. The number of pyridine rings is 1. The Morgan fingerprint density at radius 3 is 2.79 bits per heavy atom. The van der Waals surface area contributed by atoms with Gasteiger partial charge in [-0.2, -0.15) is 0 Å². The monoisotopic (exact) mass is 268 g/mol. The number of rotatable bonds is 6. The van der Waals surface area contributed by atoms with E-state index in [1.807, 2.05) is 0 Å². The largest absolute Gasteiger partial charge is 0.476 e. The van der Waals surface area contributed by atoms with Crippen molar-refractivity contribution in [1.29, 1.82) is 0 Å². The van der Waals surface area contributed by atoms with Crippen molar-refractivity contribution in [3.05, 3.63) is 23.9 Å². The summed E-state index contributed by atoms with van der Waals surface area (Å²) in [6.45, 7) is 1.62. The van der Waals surface area contributed by atoms with Crippen molar-refractivity contribution in [2.24, 2.45) is 5.73 Å². The SMILES string of the molecule is COC(=O)COC(=O)c1cccc(OCC(C)N)n1. The van der Waals surface area contributed by atoms with Crippen LogP contribution >= 0.6 is 0 Å². The van der Waals surface area contributed by atoms with Gasteiger partial charge in [0.2, 0.25) is 5.88 Å². The first-order valence-corrected chi connectivity index (χ1v) is 5.62. The molecule has 0 radical (unpaired) electrons. The lowest BCUT2D eigenvalue weighted by atomic mass is 10.3. The molecule has 1 unspecified atom stereocenters. The summed E-state index contributed by atoms with van der Waals surface area (Å²) in [7, 11) is 1.21. The molecule has 2 N–H and O–H groups in total. The highest BCUT2D eigenvalue weighted by atomic mass is 16.6. The van der Waals surface area contributed by atoms with Crippen molar-refractivity contribution in [3.63, 3.8) is 0 Å². The minimum Gasteiger partial charge on any atom is -0.476 e. The minimum absolute atomic E-state index is 0.0473. The summed E-state index contributed by atoms with van der Waals surface area (Å²) in [5.74, 6) is -1.10. The van der Waals surface area contributed by atoms with Gasteiger partial charge in [-0.05, 0) is 13.0 Å². The van der Waals surface area contributed by atoms with E-state index in [1.54, 1.807) is 19.1 Å². The standard InChI is InChI=1S/C12H16N2O5/c1-8(13)6-18-10-5-3-4-9(14-10)12(16)19-7-11(15)17-2/h3-5,8H,6-7,13H2,1-2H3. The number of methoxy groups -OCH3 is 1. The fraction of sp³-hybridized carbons (Fsp3) is 0.417. The fourth-order valence-corrected chi connectivity index (χ4v) is 1.08. The summed E-state index contributed by atoms with van der Waals surface area (Å²) in [5.41, 5.74) is 5.59. The number of nitrogens with zero attached hydrogens (tertiary/aromatic N) is 1. The molecule has 0 aromatic carbocycles. The summed E-state index contributed by atoms with van der Waals surface area (Å²) in [6, 6.07) is 4.51. The Bertz CT molecular complexity index is 448. The molecule has 0 aliphatic carbocycles. The van der Waals surface area contributed by atoms with E-state index in [2.05, 4.69) is 9.72 Å². The molecule has 7 nitrogen and oxygen atoms in total. The fourth-order valence-electron chi connectivity index (χ4n) is 1.08. The molecule has 1 heterocycles. The van der Waals surface area contributed by atoms with E-state index >= 15 is 0 Å². The van der Waals surface area contributed by atoms with E-state index in [-0.39, 0.29) is 24.2 Å². The molecule has 0 fully saturated rings. The number of aromatic nitrogens is 1. The molecule has 0 amide bonds. The quantitative estimate of drug-likeness (QED) is 0.732. The third kappa shape index (κ3) is 5.35. The predicted molar refractivity (Wildman–Crippen MR) is 65.7 cm³/mol. The Labute approximate surface area is 110 Å². The number of hydrogen-bond acceptors (Lipinski definition) is 7. The van der Waals surface area contributed by atoms with Crippen LogP contribution in [0.4, 0.5) is 0 Å². The molecule has 7 heteroatoms. The molecule has 0 bridgehead atoms. The smallest absolute Gasteiger partial charge is 0.357 e. The normalized spacial score (nSPS) is 11.5. The van der Waals surface area contributed by atoms with Gasteiger partial charge in [-0.25, -0.2) is 14.6 Å². The second-order valence-corrected chi connectivity index (χ2v) is 3.80. The zero-order valence-electron chi connectivity index (χ0n) is 10.8. The van der Waals surface area contributed by atoms with Crippen LogP contribution in [0.15, 0.2) is 18.2 Å². The third-order valence-corrected chi connectivity index (χ3v) is 1.98. The van der Waals surface area contributed by atoms with Gasteiger partial charge < -0.3 is 19.9 Å². The van der Waals surface area contributed by atoms with Crippen LogP contribution < -0.4 is 10.5 Å². The molecule has 19 heavy (non-hydrogen) atoms. The second-order valence-electron chi connectivity index (χ2n) is 3.80. The van der Waals surface area contributed by atoms with Gasteiger partial charge in [0.1, 0.15) is 6.61 Å². The molecule has 0 saturated heterocycles. The number of esters is 2. The van der Waals surface area contributed by atoms with Crippen LogP contribution in [0.2, 0.25) is 0 Å².